The molecule has 0 atom stereocenters. The number of aromatic hydroxyl groups is 7. The molecule has 0 bridgehead atoms. The second-order valence-electron chi connectivity index (χ2n) is 27.4. The van der Waals surface area contributed by atoms with Crippen molar-refractivity contribution in [1.82, 2.24) is 55.5 Å². The lowest BCUT2D eigenvalue weighted by Gasteiger charge is -2.21. The Hall–Kier alpha value is -18.1. The van der Waals surface area contributed by atoms with Gasteiger partial charge in [-0.25, -0.2) is 14.0 Å². The van der Waals surface area contributed by atoms with Crippen molar-refractivity contribution in [3.8, 4) is 141 Å². The number of rotatable bonds is 16. The van der Waals surface area contributed by atoms with E-state index in [9.17, 15) is 92.9 Å². The molecular formula is C90H73FN14O22. The Morgan fingerprint density at radius 1 is 0.386 bits per heavy atom. The first-order chi connectivity index (χ1) is 61.2. The molecule has 36 nitrogen and oxygen atoms in total. The van der Waals surface area contributed by atoms with Crippen molar-refractivity contribution in [1.29, 1.82) is 0 Å². The summed E-state index contributed by atoms with van der Waals surface area (Å²) >= 11 is 0. The molecule has 1 saturated carbocycles. The molecule has 0 spiro atoms. The summed E-state index contributed by atoms with van der Waals surface area (Å²) in [5.41, 5.74) is 8.55. The molecule has 1 aliphatic carbocycles. The van der Waals surface area contributed by atoms with Crippen molar-refractivity contribution in [2.24, 2.45) is 15.4 Å². The summed E-state index contributed by atoms with van der Waals surface area (Å²) in [6.07, 6.45) is 15.4. The molecule has 9 heterocycles. The van der Waals surface area contributed by atoms with Crippen molar-refractivity contribution < 1.29 is 79.0 Å². The molecular weight excluding hydrogens is 1650 g/mol. The minimum Gasteiger partial charge on any atom is -0.503 e. The molecule has 15 aromatic rings. The first-order valence-corrected chi connectivity index (χ1v) is 37.9. The summed E-state index contributed by atoms with van der Waals surface area (Å²) in [6.45, 7) is 1.16. The van der Waals surface area contributed by atoms with Gasteiger partial charge < -0.3 is 90.3 Å². The monoisotopic (exact) mass is 1720 g/mol. The van der Waals surface area contributed by atoms with Gasteiger partial charge in [-0.05, 0) is 183 Å². The quantitative estimate of drug-likeness (QED) is 0.0400. The highest BCUT2D eigenvalue weighted by atomic mass is 19.1. The van der Waals surface area contributed by atoms with Gasteiger partial charge in [0.05, 0.1) is 22.5 Å². The molecule has 642 valence electrons. The standard InChI is InChI=1S/C19H13NO6.C13H10N4O2.C12H9N5O2.2C12H9NO4.C11H8FNO2.C11H15NO2/c21-15-9-14(10-3-1-5-12(7-10)18(23)24)16(20-17(15)22)11-4-2-6-13(8-11)19(25)26;18-12-5-10(6-14-13(12)19)8-2-1-3-9(4-8)11-7-15-17-16-11;18-10-5-9(6-13-12(10)19)7-1-3-8(4-2-7)11-14-16-17-15-11;14-7-17-10-3-1-8(2-4-10)9-5-11(15)12(16)13-6-9;14-7-17-10-3-1-2-8(4-10)9-5-11(15)12(16)13-6-9;12-9-3-1-2-7(4-9)8-5-10(14)11(15)13-6-8;13-10-6-9(7-12-11(10)14)8-4-2-1-3-5-8/h1-9,21H,(H,20,22)(H,23,24)(H,25,26);1-6,18H,7H2,(H,14,19);1-6,18H,(H,13,19)(H,14,15,16,17);2*1-7,15H,(H,13,16);1-6,14H,(H,13,15);6-8,13H,1-5H2,(H,12,14). The second-order valence-corrected chi connectivity index (χ2v) is 27.4. The van der Waals surface area contributed by atoms with Crippen LogP contribution in [0.2, 0.25) is 0 Å². The lowest BCUT2D eigenvalue weighted by atomic mass is 9.85. The Morgan fingerprint density at radius 2 is 0.795 bits per heavy atom. The Kier molecular flexibility index (Phi) is 30.2. The van der Waals surface area contributed by atoms with Gasteiger partial charge in [0, 0.05) is 81.7 Å². The molecule has 0 saturated heterocycles. The van der Waals surface area contributed by atoms with Crippen LogP contribution in [0.4, 0.5) is 4.39 Å². The van der Waals surface area contributed by atoms with Crippen LogP contribution in [-0.4, -0.2) is 139 Å². The Morgan fingerprint density at radius 3 is 1.26 bits per heavy atom. The van der Waals surface area contributed by atoms with E-state index in [0.29, 0.717) is 81.7 Å². The van der Waals surface area contributed by atoms with Gasteiger partial charge in [-0.15, -0.1) is 15.3 Å². The molecule has 127 heavy (non-hydrogen) atoms. The number of pyridine rings is 7. The Bertz CT molecular complexity index is 6980. The van der Waals surface area contributed by atoms with Crippen molar-refractivity contribution in [3.05, 3.63) is 350 Å². The number of hydrogen-bond donors (Lipinski definition) is 17. The first kappa shape index (κ1) is 89.7. The maximum absolute atomic E-state index is 12.9. The third-order valence-corrected chi connectivity index (χ3v) is 18.9. The predicted molar refractivity (Wildman–Crippen MR) is 462 cm³/mol. The molecule has 2 aliphatic rings. The summed E-state index contributed by atoms with van der Waals surface area (Å²) < 4.78 is 22.3. The molecule has 0 amide bonds. The number of carbonyl (C=O) groups excluding carboxylic acids is 2. The number of aromatic carboxylic acids is 2. The Balaban J connectivity index is 0.000000145. The van der Waals surface area contributed by atoms with E-state index < -0.39 is 56.6 Å². The van der Waals surface area contributed by atoms with Crippen molar-refractivity contribution in [2.75, 3.05) is 6.54 Å². The van der Waals surface area contributed by atoms with Crippen LogP contribution in [0.1, 0.15) is 69.9 Å². The van der Waals surface area contributed by atoms with E-state index >= 15 is 0 Å². The van der Waals surface area contributed by atoms with E-state index in [1.807, 2.05) is 48.5 Å². The third kappa shape index (κ3) is 24.6. The topological polar surface area (TPSA) is 590 Å². The number of halogens is 1. The van der Waals surface area contributed by atoms with E-state index in [1.54, 1.807) is 104 Å². The van der Waals surface area contributed by atoms with Crippen molar-refractivity contribution in [2.45, 2.75) is 38.0 Å². The third-order valence-electron chi connectivity index (χ3n) is 18.9. The van der Waals surface area contributed by atoms with Gasteiger partial charge in [0.15, 0.2) is 40.2 Å². The van der Waals surface area contributed by atoms with Crippen LogP contribution in [0.3, 0.4) is 0 Å². The molecule has 1 aliphatic heterocycles. The molecule has 0 unspecified atom stereocenters. The number of hydrogen-bond acceptors (Lipinski definition) is 26. The largest absolute Gasteiger partial charge is 0.503 e. The lowest BCUT2D eigenvalue weighted by molar-refractivity contribution is -0.121. The SMILES string of the molecule is O=C(O)c1cccc(-c2cc(O)c(=O)[nH]c2-c2cccc(C(=O)O)c2)c1.O=COc1ccc(-c2c[nH]c(=O)c(O)c2)cc1.O=COc1cccc(-c2c[nH]c(=O)c(O)c2)c1.O=c1[nH]cc(-c2ccc(-c3nn[nH]n3)cc2)cc1O.O=c1[nH]cc(-c2cccc(C3=NN=NC3)c2)cc1O.O=c1[nH]cc(-c2cccc(F)c2)cc1O.O=c1[nH]cc(C2CCCCC2)cc1O. The number of nitrogens with one attached hydrogen (secondary N) is 8. The van der Waals surface area contributed by atoms with Gasteiger partial charge in [0.2, 0.25) is 5.82 Å². The van der Waals surface area contributed by atoms with Crippen LogP contribution in [0.5, 0.6) is 51.7 Å². The molecule has 37 heteroatoms. The van der Waals surface area contributed by atoms with Gasteiger partial charge in [-0.1, -0.05) is 122 Å². The van der Waals surface area contributed by atoms with Crippen LogP contribution in [0.25, 0.3) is 89.4 Å². The maximum atomic E-state index is 12.9. The number of carboxylic acid groups (broad SMARTS) is 2. The van der Waals surface area contributed by atoms with E-state index in [1.165, 1.54) is 130 Å². The van der Waals surface area contributed by atoms with E-state index in [0.717, 1.165) is 55.8 Å². The number of aromatic amines is 8. The maximum Gasteiger partial charge on any atom is 0.335 e. The molecule has 17 rings (SSSR count). The normalized spacial score (nSPS) is 11.6. The van der Waals surface area contributed by atoms with E-state index in [2.05, 4.69) is 75.7 Å². The average molecular weight is 1720 g/mol. The zero-order valence-electron chi connectivity index (χ0n) is 66.0. The van der Waals surface area contributed by atoms with E-state index in [-0.39, 0.29) is 57.1 Å². The van der Waals surface area contributed by atoms with Crippen LogP contribution < -0.4 is 48.4 Å². The summed E-state index contributed by atoms with van der Waals surface area (Å²) in [7, 11) is 0. The second kappa shape index (κ2) is 42.7. The number of carbonyl (C=O) groups is 4. The predicted octanol–water partition coefficient (Wildman–Crippen LogP) is 12.2. The van der Waals surface area contributed by atoms with Crippen LogP contribution in [0, 0.1) is 5.82 Å². The number of ether oxygens (including phenoxy) is 2. The number of benzene rings is 7. The average Bonchev–Trinajstić information content (AvgIpc) is 1.12. The number of H-pyrrole nitrogens is 8. The smallest absolute Gasteiger partial charge is 0.335 e. The Labute approximate surface area is 713 Å². The fourth-order valence-corrected chi connectivity index (χ4v) is 12.5. The first-order valence-electron chi connectivity index (χ1n) is 37.9. The summed E-state index contributed by atoms with van der Waals surface area (Å²) in [4.78, 5) is 138. The summed E-state index contributed by atoms with van der Waals surface area (Å²) in [5.74, 6) is -3.12. The highest BCUT2D eigenvalue weighted by Gasteiger charge is 2.19. The van der Waals surface area contributed by atoms with Crippen LogP contribution >= 0.6 is 0 Å². The fourth-order valence-electron chi connectivity index (χ4n) is 12.5. The molecule has 0 radical (unpaired) electrons. The summed E-state index contributed by atoms with van der Waals surface area (Å²) in [5, 5.41) is 109. The minimum atomic E-state index is -1.12. The number of aromatic nitrogens is 11. The molecule has 7 aromatic carbocycles. The van der Waals surface area contributed by atoms with Gasteiger partial charge >= 0.3 is 11.9 Å². The van der Waals surface area contributed by atoms with Crippen molar-refractivity contribution >= 4 is 30.6 Å². The van der Waals surface area contributed by atoms with Gasteiger partial charge in [0.1, 0.15) is 23.9 Å². The van der Waals surface area contributed by atoms with Gasteiger partial charge in [-0.3, -0.25) is 43.2 Å². The van der Waals surface area contributed by atoms with Gasteiger partial charge in [-0.2, -0.15) is 10.3 Å². The fraction of sp³-hybridized carbons (Fsp3) is 0.0778. The van der Waals surface area contributed by atoms with Gasteiger partial charge in [0.25, 0.3) is 51.9 Å². The number of nitrogens with zero attached hydrogens (tertiary/aromatic N) is 6. The zero-order chi connectivity index (χ0) is 90.6. The summed E-state index contributed by atoms with van der Waals surface area (Å²) in [6, 6.07) is 55.9. The minimum absolute atomic E-state index is 0.0293. The van der Waals surface area contributed by atoms with Crippen LogP contribution in [0.15, 0.2) is 299 Å². The molecule has 8 aromatic heterocycles. The van der Waals surface area contributed by atoms with E-state index in [4.69, 9.17) is 14.9 Å². The highest BCUT2D eigenvalue weighted by Crippen LogP contribution is 2.36. The number of carboxylic acids is 2. The lowest BCUT2D eigenvalue weighted by Crippen LogP contribution is -2.09. The number of tetrazole rings is 1. The molecule has 17 N–H and O–H groups in total. The zero-order valence-corrected chi connectivity index (χ0v) is 66.0. The molecule has 1 fully saturated rings. The van der Waals surface area contributed by atoms with Crippen LogP contribution in [-0.2, 0) is 9.59 Å². The van der Waals surface area contributed by atoms with Crippen molar-refractivity contribution in [3.63, 3.8) is 0 Å². The highest BCUT2D eigenvalue weighted by molar-refractivity contribution is 6.03.